The Morgan fingerprint density at radius 3 is 2.25 bits per heavy atom. The Hall–Kier alpha value is -2.42. The predicted octanol–water partition coefficient (Wildman–Crippen LogP) is 1.85. The smallest absolute Gasteiger partial charge is 0.285 e. The monoisotopic (exact) mass is 458 g/mol. The quantitative estimate of drug-likeness (QED) is 0.675. The van der Waals surface area contributed by atoms with E-state index < -0.39 is 16.1 Å². The molecule has 1 aromatic rings. The van der Waals surface area contributed by atoms with Crippen LogP contribution in [0.3, 0.4) is 0 Å². The van der Waals surface area contributed by atoms with E-state index in [1.54, 1.807) is 24.3 Å². The highest BCUT2D eigenvalue weighted by molar-refractivity contribution is 7.90. The fourth-order valence-electron chi connectivity index (χ4n) is 5.50. The van der Waals surface area contributed by atoms with Gasteiger partial charge in [-0.2, -0.15) is 8.42 Å². The summed E-state index contributed by atoms with van der Waals surface area (Å²) in [6.45, 7) is 3.50. The number of likely N-dealkylation sites (tertiary alicyclic amines) is 3. The highest BCUT2D eigenvalue weighted by atomic mass is 32.2. The first-order valence-electron chi connectivity index (χ1n) is 11.7. The van der Waals surface area contributed by atoms with E-state index in [-0.39, 0.29) is 22.6 Å². The van der Waals surface area contributed by atoms with Crippen molar-refractivity contribution in [2.75, 3.05) is 32.7 Å². The second kappa shape index (κ2) is 8.50. The normalized spacial score (nSPS) is 25.6. The summed E-state index contributed by atoms with van der Waals surface area (Å²) in [5.41, 5.74) is 0.582. The van der Waals surface area contributed by atoms with Gasteiger partial charge in [-0.15, -0.1) is 4.40 Å². The molecule has 32 heavy (non-hydrogen) atoms. The third kappa shape index (κ3) is 3.80. The van der Waals surface area contributed by atoms with E-state index in [0.29, 0.717) is 50.3 Å². The summed E-state index contributed by atoms with van der Waals surface area (Å²) in [7, 11) is -3.71. The Kier molecular flexibility index (Phi) is 5.69. The number of carbonyl (C=O) groups is 2. The van der Waals surface area contributed by atoms with Gasteiger partial charge in [-0.25, -0.2) is 0 Å². The third-order valence-electron chi connectivity index (χ3n) is 7.25. The number of fused-ring (bicyclic) bond motifs is 1. The van der Waals surface area contributed by atoms with Crippen LogP contribution in [0.4, 0.5) is 0 Å². The van der Waals surface area contributed by atoms with Crippen LogP contribution >= 0.6 is 0 Å². The van der Waals surface area contributed by atoms with Crippen LogP contribution in [0.2, 0.25) is 0 Å². The summed E-state index contributed by atoms with van der Waals surface area (Å²) in [6.07, 6.45) is 6.28. The van der Waals surface area contributed by atoms with E-state index >= 15 is 0 Å². The van der Waals surface area contributed by atoms with Crippen LogP contribution in [-0.2, 0) is 19.6 Å². The lowest BCUT2D eigenvalue weighted by atomic mass is 9.93. The molecule has 3 saturated heterocycles. The summed E-state index contributed by atoms with van der Waals surface area (Å²) in [4.78, 5) is 32.2. The fraction of sp³-hybridized carbons (Fsp3) is 0.609. The zero-order valence-corrected chi connectivity index (χ0v) is 19.1. The molecule has 0 spiro atoms. The molecule has 172 valence electrons. The number of rotatable bonds is 2. The molecule has 1 atom stereocenters. The van der Waals surface area contributed by atoms with E-state index in [4.69, 9.17) is 0 Å². The second-order valence-corrected chi connectivity index (χ2v) is 10.8. The number of carbonyl (C=O) groups excluding carboxylic acids is 2. The van der Waals surface area contributed by atoms with Crippen molar-refractivity contribution in [3.63, 3.8) is 0 Å². The Morgan fingerprint density at radius 1 is 0.812 bits per heavy atom. The molecule has 0 N–H and O–H groups in total. The topological polar surface area (TPSA) is 90.4 Å². The second-order valence-electron chi connectivity index (χ2n) is 9.22. The average molecular weight is 459 g/mol. The predicted molar refractivity (Wildman–Crippen MR) is 120 cm³/mol. The number of hydrogen-bond acceptors (Lipinski definition) is 5. The number of amides is 2. The van der Waals surface area contributed by atoms with Gasteiger partial charge in [0.2, 0.25) is 11.8 Å². The molecular weight excluding hydrogens is 428 g/mol. The maximum Gasteiger partial charge on any atom is 0.285 e. The molecular formula is C23H30N4O4S. The van der Waals surface area contributed by atoms with Gasteiger partial charge in [0.05, 0.1) is 0 Å². The van der Waals surface area contributed by atoms with Crippen LogP contribution in [0.5, 0.6) is 0 Å². The fourth-order valence-corrected chi connectivity index (χ4v) is 6.72. The molecule has 0 bridgehead atoms. The molecule has 2 amide bonds. The molecule has 8 nitrogen and oxygen atoms in total. The van der Waals surface area contributed by atoms with Crippen molar-refractivity contribution >= 4 is 27.7 Å². The van der Waals surface area contributed by atoms with Crippen molar-refractivity contribution in [3.05, 3.63) is 29.8 Å². The van der Waals surface area contributed by atoms with Crippen LogP contribution in [0.1, 0.15) is 50.5 Å². The number of hydrogen-bond donors (Lipinski definition) is 0. The van der Waals surface area contributed by atoms with Crippen molar-refractivity contribution < 1.29 is 18.0 Å². The Bertz CT molecular complexity index is 1040. The SMILES string of the molecule is O=C(C1CCN(C(=O)[C@@H]2CCCN2C2=NS(=O)(=O)c3ccccc32)CC1)N1CCCCC1. The first-order valence-corrected chi connectivity index (χ1v) is 13.2. The summed E-state index contributed by atoms with van der Waals surface area (Å²) < 4.78 is 29.0. The molecule has 4 aliphatic rings. The van der Waals surface area contributed by atoms with Gasteiger partial charge in [-0.1, -0.05) is 12.1 Å². The van der Waals surface area contributed by atoms with E-state index in [1.165, 1.54) is 6.42 Å². The number of piperidine rings is 2. The van der Waals surface area contributed by atoms with Crippen LogP contribution in [0, 0.1) is 5.92 Å². The number of amidine groups is 1. The van der Waals surface area contributed by atoms with Gasteiger partial charge in [-0.05, 0) is 57.1 Å². The molecule has 9 heteroatoms. The van der Waals surface area contributed by atoms with E-state index in [2.05, 4.69) is 4.40 Å². The lowest BCUT2D eigenvalue weighted by Gasteiger charge is -2.37. The van der Waals surface area contributed by atoms with Crippen molar-refractivity contribution in [1.29, 1.82) is 0 Å². The first-order chi connectivity index (χ1) is 15.5. The molecule has 0 unspecified atom stereocenters. The Morgan fingerprint density at radius 2 is 1.50 bits per heavy atom. The summed E-state index contributed by atoms with van der Waals surface area (Å²) >= 11 is 0. The molecule has 1 aromatic carbocycles. The Labute approximate surface area is 189 Å². The lowest BCUT2D eigenvalue weighted by molar-refractivity contribution is -0.142. The third-order valence-corrected chi connectivity index (χ3v) is 8.57. The molecule has 0 radical (unpaired) electrons. The number of sulfonamides is 1. The maximum absolute atomic E-state index is 13.4. The minimum Gasteiger partial charge on any atom is -0.343 e. The minimum absolute atomic E-state index is 0.00746. The molecule has 4 heterocycles. The molecule has 0 aromatic heterocycles. The molecule has 0 saturated carbocycles. The van der Waals surface area contributed by atoms with Gasteiger partial charge in [0.15, 0.2) is 5.84 Å². The molecule has 4 aliphatic heterocycles. The van der Waals surface area contributed by atoms with Gasteiger partial charge in [0, 0.05) is 44.2 Å². The largest absolute Gasteiger partial charge is 0.343 e. The summed E-state index contributed by atoms with van der Waals surface area (Å²) in [6, 6.07) is 6.42. The zero-order chi connectivity index (χ0) is 22.3. The van der Waals surface area contributed by atoms with E-state index in [9.17, 15) is 18.0 Å². The van der Waals surface area contributed by atoms with Gasteiger partial charge < -0.3 is 14.7 Å². The van der Waals surface area contributed by atoms with Gasteiger partial charge >= 0.3 is 0 Å². The van der Waals surface area contributed by atoms with Crippen molar-refractivity contribution in [2.45, 2.75) is 55.9 Å². The Balaban J connectivity index is 1.26. The highest BCUT2D eigenvalue weighted by Crippen LogP contribution is 2.32. The molecule has 3 fully saturated rings. The maximum atomic E-state index is 13.4. The zero-order valence-electron chi connectivity index (χ0n) is 18.3. The van der Waals surface area contributed by atoms with Crippen molar-refractivity contribution in [1.82, 2.24) is 14.7 Å². The van der Waals surface area contributed by atoms with Gasteiger partial charge in [0.1, 0.15) is 10.9 Å². The van der Waals surface area contributed by atoms with E-state index in [0.717, 1.165) is 32.4 Å². The average Bonchev–Trinajstić information content (AvgIpc) is 3.41. The minimum atomic E-state index is -3.71. The van der Waals surface area contributed by atoms with Crippen LogP contribution < -0.4 is 0 Å². The number of benzene rings is 1. The van der Waals surface area contributed by atoms with Gasteiger partial charge in [-0.3, -0.25) is 9.59 Å². The molecule has 0 aliphatic carbocycles. The first kappa shape index (κ1) is 21.4. The number of nitrogens with zero attached hydrogens (tertiary/aromatic N) is 4. The van der Waals surface area contributed by atoms with Crippen molar-refractivity contribution in [3.8, 4) is 0 Å². The van der Waals surface area contributed by atoms with E-state index in [1.807, 2.05) is 14.7 Å². The van der Waals surface area contributed by atoms with Crippen molar-refractivity contribution in [2.24, 2.45) is 10.3 Å². The van der Waals surface area contributed by atoms with Crippen LogP contribution in [-0.4, -0.2) is 79.5 Å². The van der Waals surface area contributed by atoms with Crippen LogP contribution in [0.25, 0.3) is 0 Å². The highest BCUT2D eigenvalue weighted by Gasteiger charge is 2.41. The molecule has 5 rings (SSSR count). The summed E-state index contributed by atoms with van der Waals surface area (Å²) in [5.74, 6) is 0.678. The lowest BCUT2D eigenvalue weighted by Crippen LogP contribution is -2.51. The van der Waals surface area contributed by atoms with Gasteiger partial charge in [0.25, 0.3) is 10.0 Å². The van der Waals surface area contributed by atoms with Crippen LogP contribution in [0.15, 0.2) is 33.6 Å². The summed E-state index contributed by atoms with van der Waals surface area (Å²) in [5, 5.41) is 0. The standard InChI is InChI=1S/C23H30N4O4S/c28-22(25-12-4-1-5-13-25)17-10-15-26(16-11-17)23(29)19-8-6-14-27(19)21-18-7-2-3-9-20(18)32(30,31)24-21/h2-3,7,9,17,19H,1,4-6,8,10-16H2/t19-/m0/s1.